The number of fused-ring (bicyclic) bond motifs is 1. The van der Waals surface area contributed by atoms with Gasteiger partial charge < -0.3 is 14.7 Å². The molecule has 0 aromatic heterocycles. The van der Waals surface area contributed by atoms with Crippen molar-refractivity contribution >= 4 is 17.4 Å². The summed E-state index contributed by atoms with van der Waals surface area (Å²) in [6.45, 7) is 5.54. The fraction of sp³-hybridized carbons (Fsp3) is 0.333. The van der Waals surface area contributed by atoms with Crippen LogP contribution in [0, 0.1) is 13.8 Å². The van der Waals surface area contributed by atoms with Crippen molar-refractivity contribution < 1.29 is 19.4 Å². The van der Waals surface area contributed by atoms with Gasteiger partial charge in [-0.15, -0.1) is 0 Å². The molecule has 0 saturated heterocycles. The normalized spacial score (nSPS) is 18.8. The Balaban J connectivity index is 2.06. The van der Waals surface area contributed by atoms with E-state index in [0.29, 0.717) is 17.8 Å². The molecule has 2 aromatic carbocycles. The fourth-order valence-corrected chi connectivity index (χ4v) is 3.67. The number of amides is 1. The summed E-state index contributed by atoms with van der Waals surface area (Å²) in [4.78, 5) is 26.4. The minimum atomic E-state index is -1.80. The first-order chi connectivity index (χ1) is 12.3. The highest BCUT2D eigenvalue weighted by Crippen LogP contribution is 2.45. The fourth-order valence-electron chi connectivity index (χ4n) is 3.67. The van der Waals surface area contributed by atoms with Gasteiger partial charge in [0, 0.05) is 12.0 Å². The molecule has 1 unspecified atom stereocenters. The van der Waals surface area contributed by atoms with Crippen molar-refractivity contribution in [3.8, 4) is 5.75 Å². The predicted molar refractivity (Wildman–Crippen MR) is 99.3 cm³/mol. The molecule has 0 fully saturated rings. The Hall–Kier alpha value is -2.66. The van der Waals surface area contributed by atoms with Crippen LogP contribution in [0.4, 0.5) is 5.69 Å². The summed E-state index contributed by atoms with van der Waals surface area (Å²) in [5, 5.41) is 11.1. The monoisotopic (exact) mass is 353 g/mol. The highest BCUT2D eigenvalue weighted by atomic mass is 16.5. The van der Waals surface area contributed by atoms with E-state index < -0.39 is 11.5 Å². The molecule has 1 N–H and O–H groups in total. The van der Waals surface area contributed by atoms with Crippen molar-refractivity contribution in [1.29, 1.82) is 0 Å². The second-order valence-corrected chi connectivity index (χ2v) is 6.96. The van der Waals surface area contributed by atoms with Crippen LogP contribution in [0.1, 0.15) is 35.6 Å². The van der Waals surface area contributed by atoms with Crippen LogP contribution in [-0.2, 0) is 21.7 Å². The van der Waals surface area contributed by atoms with Crippen molar-refractivity contribution in [1.82, 2.24) is 0 Å². The van der Waals surface area contributed by atoms with Gasteiger partial charge >= 0.3 is 0 Å². The number of carbonyl (C=O) groups is 2. The topological polar surface area (TPSA) is 66.8 Å². The molecule has 0 aliphatic carbocycles. The first-order valence-corrected chi connectivity index (χ1v) is 8.54. The molecule has 26 heavy (non-hydrogen) atoms. The third kappa shape index (κ3) is 2.99. The van der Waals surface area contributed by atoms with E-state index in [-0.39, 0.29) is 12.2 Å². The lowest BCUT2D eigenvalue weighted by molar-refractivity contribution is -0.141. The molecule has 1 heterocycles. The average Bonchev–Trinajstić information content (AvgIpc) is 2.77. The molecule has 5 heteroatoms. The summed E-state index contributed by atoms with van der Waals surface area (Å²) in [5.74, 6) is 0.0614. The second kappa shape index (κ2) is 6.57. The average molecular weight is 353 g/mol. The van der Waals surface area contributed by atoms with Gasteiger partial charge in [0.05, 0.1) is 19.3 Å². The molecule has 136 valence electrons. The van der Waals surface area contributed by atoms with E-state index in [9.17, 15) is 14.7 Å². The molecule has 1 aliphatic rings. The maximum absolute atomic E-state index is 13.1. The van der Waals surface area contributed by atoms with E-state index in [0.717, 1.165) is 22.4 Å². The number of methoxy groups -OCH3 is 1. The number of ether oxygens (including phenoxy) is 1. The van der Waals surface area contributed by atoms with E-state index in [4.69, 9.17) is 4.74 Å². The molecular weight excluding hydrogens is 330 g/mol. The number of anilines is 1. The summed E-state index contributed by atoms with van der Waals surface area (Å²) in [6.07, 6.45) is -0.221. The third-order valence-electron chi connectivity index (χ3n) is 4.76. The van der Waals surface area contributed by atoms with E-state index in [1.807, 2.05) is 44.2 Å². The number of hydrogen-bond acceptors (Lipinski definition) is 4. The van der Waals surface area contributed by atoms with Gasteiger partial charge in [0.1, 0.15) is 11.5 Å². The lowest BCUT2D eigenvalue weighted by atomic mass is 9.88. The SMILES string of the molecule is COc1ccc(CN2C(=O)C(O)(CC(C)=O)c3cc(C)cc(C)c32)cc1. The van der Waals surface area contributed by atoms with Crippen molar-refractivity contribution in [2.45, 2.75) is 39.3 Å². The van der Waals surface area contributed by atoms with Gasteiger partial charge in [0.25, 0.3) is 5.91 Å². The quantitative estimate of drug-likeness (QED) is 0.897. The molecule has 0 bridgehead atoms. The van der Waals surface area contributed by atoms with Gasteiger partial charge in [-0.25, -0.2) is 0 Å². The Kier molecular flexibility index (Phi) is 4.59. The standard InChI is InChI=1S/C21H23NO4/c1-13-9-14(2)19-18(10-13)21(25,11-15(3)23)20(24)22(19)12-16-5-7-17(26-4)8-6-16/h5-10,25H,11-12H2,1-4H3. The highest BCUT2D eigenvalue weighted by Gasteiger charge is 2.51. The van der Waals surface area contributed by atoms with E-state index >= 15 is 0 Å². The first-order valence-electron chi connectivity index (χ1n) is 8.54. The third-order valence-corrected chi connectivity index (χ3v) is 4.76. The summed E-state index contributed by atoms with van der Waals surface area (Å²) >= 11 is 0. The Labute approximate surface area is 153 Å². The molecule has 1 amide bonds. The Bertz CT molecular complexity index is 872. The predicted octanol–water partition coefficient (Wildman–Crippen LogP) is 3.03. The summed E-state index contributed by atoms with van der Waals surface area (Å²) < 4.78 is 5.17. The van der Waals surface area contributed by atoms with Gasteiger partial charge in [0.15, 0.2) is 5.60 Å². The van der Waals surface area contributed by atoms with E-state index in [2.05, 4.69) is 0 Å². The summed E-state index contributed by atoms with van der Waals surface area (Å²) in [5.41, 5.74) is 2.18. The number of benzene rings is 2. The molecule has 1 atom stereocenters. The Morgan fingerprint density at radius 1 is 1.19 bits per heavy atom. The number of aryl methyl sites for hydroxylation is 2. The second-order valence-electron chi connectivity index (χ2n) is 6.96. The minimum absolute atomic E-state index is 0.221. The number of carbonyl (C=O) groups excluding carboxylic acids is 2. The summed E-state index contributed by atoms with van der Waals surface area (Å²) in [7, 11) is 1.60. The van der Waals surface area contributed by atoms with Crippen LogP contribution in [0.2, 0.25) is 0 Å². The molecule has 5 nitrogen and oxygen atoms in total. The Morgan fingerprint density at radius 2 is 1.85 bits per heavy atom. The maximum Gasteiger partial charge on any atom is 0.264 e. The van der Waals surface area contributed by atoms with Crippen molar-refractivity contribution in [3.63, 3.8) is 0 Å². The summed E-state index contributed by atoms with van der Waals surface area (Å²) in [6, 6.07) is 11.2. The largest absolute Gasteiger partial charge is 0.497 e. The Morgan fingerprint density at radius 3 is 2.42 bits per heavy atom. The van der Waals surface area contributed by atoms with Crippen LogP contribution in [0.5, 0.6) is 5.75 Å². The van der Waals surface area contributed by atoms with Gasteiger partial charge in [-0.05, 0) is 44.0 Å². The van der Waals surface area contributed by atoms with Crippen molar-refractivity contribution in [3.05, 3.63) is 58.7 Å². The molecular formula is C21H23NO4. The van der Waals surface area contributed by atoms with Crippen molar-refractivity contribution in [2.75, 3.05) is 12.0 Å². The van der Waals surface area contributed by atoms with Gasteiger partial charge in [-0.3, -0.25) is 9.59 Å². The number of nitrogens with zero attached hydrogens (tertiary/aromatic N) is 1. The maximum atomic E-state index is 13.1. The molecule has 0 saturated carbocycles. The highest BCUT2D eigenvalue weighted by molar-refractivity contribution is 6.09. The zero-order valence-corrected chi connectivity index (χ0v) is 15.5. The van der Waals surface area contributed by atoms with Gasteiger partial charge in [-0.2, -0.15) is 0 Å². The number of aliphatic hydroxyl groups is 1. The number of hydrogen-bond donors (Lipinski definition) is 1. The molecule has 1 aliphatic heterocycles. The number of Topliss-reactive ketones (excluding diaryl/α,β-unsaturated/α-hetero) is 1. The van der Waals surface area contributed by atoms with Crippen LogP contribution in [0.25, 0.3) is 0 Å². The van der Waals surface area contributed by atoms with Crippen LogP contribution in [-0.4, -0.2) is 23.9 Å². The van der Waals surface area contributed by atoms with Crippen LogP contribution < -0.4 is 9.64 Å². The van der Waals surface area contributed by atoms with Crippen molar-refractivity contribution in [2.24, 2.45) is 0 Å². The number of ketones is 1. The lowest BCUT2D eigenvalue weighted by Crippen LogP contribution is -2.41. The molecule has 3 rings (SSSR count). The van der Waals surface area contributed by atoms with Crippen LogP contribution in [0.3, 0.4) is 0 Å². The number of rotatable bonds is 5. The van der Waals surface area contributed by atoms with E-state index in [1.54, 1.807) is 18.1 Å². The zero-order chi connectivity index (χ0) is 19.1. The van der Waals surface area contributed by atoms with Gasteiger partial charge in [0.2, 0.25) is 0 Å². The van der Waals surface area contributed by atoms with Crippen LogP contribution in [0.15, 0.2) is 36.4 Å². The molecule has 0 radical (unpaired) electrons. The van der Waals surface area contributed by atoms with Gasteiger partial charge in [-0.1, -0.05) is 29.8 Å². The first kappa shape index (κ1) is 18.1. The smallest absolute Gasteiger partial charge is 0.264 e. The van der Waals surface area contributed by atoms with Crippen LogP contribution >= 0.6 is 0 Å². The molecule has 0 spiro atoms. The van der Waals surface area contributed by atoms with E-state index in [1.165, 1.54) is 6.92 Å². The minimum Gasteiger partial charge on any atom is -0.497 e. The zero-order valence-electron chi connectivity index (χ0n) is 15.5. The lowest BCUT2D eigenvalue weighted by Gasteiger charge is -2.22. The molecule has 2 aromatic rings.